The van der Waals surface area contributed by atoms with Gasteiger partial charge in [-0.2, -0.15) is 0 Å². The summed E-state index contributed by atoms with van der Waals surface area (Å²) in [7, 11) is 0. The molecular formula is C8H18K2O24. The molecule has 0 fully saturated rings. The van der Waals surface area contributed by atoms with E-state index in [9.17, 15) is 0 Å². The summed E-state index contributed by atoms with van der Waals surface area (Å²) in [5, 5.41) is 112. The van der Waals surface area contributed by atoms with Crippen LogP contribution < -0.4 is 103 Å². The molecule has 34 heavy (non-hydrogen) atoms. The maximum atomic E-state index is 8.56. The Labute approximate surface area is 271 Å². The van der Waals surface area contributed by atoms with Crippen LogP contribution in [0, 0.1) is 0 Å². The van der Waals surface area contributed by atoms with Crippen LogP contribution in [-0.2, 0) is 0 Å². The van der Waals surface area contributed by atoms with Gasteiger partial charge in [-0.3, -0.25) is 0 Å². The van der Waals surface area contributed by atoms with E-state index in [1.54, 1.807) is 0 Å². The largest absolute Gasteiger partial charge is 1.00 e. The predicted octanol–water partition coefficient (Wildman–Crippen LogP) is -3.99. The molecule has 0 rings (SSSR count). The van der Waals surface area contributed by atoms with Gasteiger partial charge in [-0.25, -0.2) is 38.4 Å². The molecule has 0 aromatic rings. The fraction of sp³-hybridized carbons (Fsp3) is 0. The number of carbonyl (C=O) groups is 8. The molecule has 0 heterocycles. The molecule has 0 aromatic carbocycles. The van der Waals surface area contributed by atoms with Crippen molar-refractivity contribution >= 4 is 49.2 Å². The molecule has 0 aliphatic carbocycles. The van der Waals surface area contributed by atoms with E-state index in [2.05, 4.69) is 0 Å². The van der Waals surface area contributed by atoms with E-state index in [0.717, 1.165) is 0 Å². The van der Waals surface area contributed by atoms with Gasteiger partial charge in [0.25, 0.3) is 0 Å². The second kappa shape index (κ2) is 57.4. The van der Waals surface area contributed by atoms with E-state index in [1.807, 2.05) is 0 Å². The summed E-state index contributed by atoms with van der Waals surface area (Å²) < 4.78 is 0. The van der Waals surface area contributed by atoms with Crippen molar-refractivity contribution in [2.24, 2.45) is 0 Å². The second-order valence-corrected chi connectivity index (χ2v) is 2.26. The number of hydrogen-bond donors (Lipinski definition) is 16. The van der Waals surface area contributed by atoms with Gasteiger partial charge >= 0.3 is 152 Å². The van der Waals surface area contributed by atoms with E-state index in [4.69, 9.17) is 120 Å². The minimum Gasteiger partial charge on any atom is -1.00 e. The Kier molecular flexibility index (Phi) is 107. The molecule has 26 heteroatoms. The molecule has 0 radical (unpaired) electrons. The Morgan fingerprint density at radius 1 is 0.235 bits per heavy atom. The van der Waals surface area contributed by atoms with Crippen molar-refractivity contribution in [3.8, 4) is 0 Å². The van der Waals surface area contributed by atoms with Gasteiger partial charge < -0.3 is 84.6 Å². The summed E-state index contributed by atoms with van der Waals surface area (Å²) in [5.74, 6) is 0. The maximum Gasteiger partial charge on any atom is 1.00 e. The van der Waals surface area contributed by atoms with E-state index < -0.39 is 49.2 Å². The number of carboxylic acid groups (broad SMARTS) is 16. The average Bonchev–Trinajstić information content (AvgIpc) is 2.30. The van der Waals surface area contributed by atoms with Crippen LogP contribution >= 0.6 is 0 Å². The van der Waals surface area contributed by atoms with Crippen molar-refractivity contribution in [3.63, 3.8) is 0 Å². The second-order valence-electron chi connectivity index (χ2n) is 2.26. The van der Waals surface area contributed by atoms with Gasteiger partial charge in [0.05, 0.1) is 0 Å². The van der Waals surface area contributed by atoms with Crippen LogP contribution in [0.25, 0.3) is 0 Å². The summed E-state index contributed by atoms with van der Waals surface area (Å²) in [4.78, 5) is 68.4. The van der Waals surface area contributed by atoms with Gasteiger partial charge in [-0.15, -0.1) is 0 Å². The van der Waals surface area contributed by atoms with Crippen LogP contribution in [0.5, 0.6) is 0 Å². The topological polar surface area (TPSA) is 460 Å². The summed E-state index contributed by atoms with van der Waals surface area (Å²) >= 11 is 0. The molecule has 0 saturated heterocycles. The Morgan fingerprint density at radius 3 is 0.235 bits per heavy atom. The van der Waals surface area contributed by atoms with Gasteiger partial charge in [0.2, 0.25) is 0 Å². The van der Waals surface area contributed by atoms with Gasteiger partial charge in [0.1, 0.15) is 0 Å². The van der Waals surface area contributed by atoms with Gasteiger partial charge in [0, 0.05) is 0 Å². The van der Waals surface area contributed by atoms with E-state index in [0.29, 0.717) is 0 Å². The molecule has 0 atom stereocenters. The number of hydrogen-bond acceptors (Lipinski definition) is 8. The zero-order valence-corrected chi connectivity index (χ0v) is 22.7. The van der Waals surface area contributed by atoms with Crippen LogP contribution in [0.4, 0.5) is 38.4 Å². The molecule has 24 nitrogen and oxygen atoms in total. The van der Waals surface area contributed by atoms with Gasteiger partial charge in [0.15, 0.2) is 0 Å². The molecular weight excluding hydrogens is 558 g/mol. The third kappa shape index (κ3) is 3610. The zero-order chi connectivity index (χ0) is 28.6. The molecule has 0 bridgehead atoms. The zero-order valence-electron chi connectivity index (χ0n) is 18.4. The molecule has 16 N–H and O–H groups in total. The molecule has 0 amide bonds. The average molecular weight is 576 g/mol. The number of rotatable bonds is 0. The minimum atomic E-state index is -1.83. The van der Waals surface area contributed by atoms with Gasteiger partial charge in [-0.1, -0.05) is 0 Å². The first-order valence-electron chi connectivity index (χ1n) is 5.21. The van der Waals surface area contributed by atoms with Crippen LogP contribution in [0.15, 0.2) is 0 Å². The quantitative estimate of drug-likeness (QED) is 0.122. The SMILES string of the molecule is O=C(O)O.O=C(O)O.O=C(O)O.O=C(O)O.O=C(O)O.O=C(O)O.O=C(O)O.O=C(O)O.[H-].[H-].[K+].[K+]. The van der Waals surface area contributed by atoms with Crippen LogP contribution in [0.2, 0.25) is 0 Å². The summed E-state index contributed by atoms with van der Waals surface area (Å²) in [6.07, 6.45) is -14.7. The fourth-order valence-electron chi connectivity index (χ4n) is 0. The Bertz CT molecular complexity index is 376. The molecule has 0 spiro atoms. The summed E-state index contributed by atoms with van der Waals surface area (Å²) in [5.41, 5.74) is 0. The van der Waals surface area contributed by atoms with Crippen LogP contribution in [0.3, 0.4) is 0 Å². The third-order valence-electron chi connectivity index (χ3n) is 0. The summed E-state index contributed by atoms with van der Waals surface area (Å²) in [6.45, 7) is 0. The fourth-order valence-corrected chi connectivity index (χ4v) is 0. The van der Waals surface area contributed by atoms with Crippen molar-refractivity contribution in [3.05, 3.63) is 0 Å². The maximum absolute atomic E-state index is 8.56. The van der Waals surface area contributed by atoms with E-state index >= 15 is 0 Å². The summed E-state index contributed by atoms with van der Waals surface area (Å²) in [6, 6.07) is 0. The molecule has 0 aliphatic rings. The van der Waals surface area contributed by atoms with Crippen LogP contribution in [-0.4, -0.2) is 131 Å². The van der Waals surface area contributed by atoms with Crippen molar-refractivity contribution in [1.82, 2.24) is 0 Å². The van der Waals surface area contributed by atoms with Crippen LogP contribution in [0.1, 0.15) is 2.85 Å². The van der Waals surface area contributed by atoms with Crippen molar-refractivity contribution in [2.75, 3.05) is 0 Å². The van der Waals surface area contributed by atoms with Crippen molar-refractivity contribution < 1.29 is 226 Å². The Hall–Kier alpha value is -2.57. The first kappa shape index (κ1) is 63.4. The predicted molar refractivity (Wildman–Crippen MR) is 87.5 cm³/mol. The first-order valence-corrected chi connectivity index (χ1v) is 5.21. The molecule has 0 saturated carbocycles. The monoisotopic (exact) mass is 576 g/mol. The minimum absolute atomic E-state index is 0. The van der Waals surface area contributed by atoms with Crippen molar-refractivity contribution in [1.29, 1.82) is 0 Å². The Balaban J connectivity index is -0.0000000180. The molecule has 0 unspecified atom stereocenters. The van der Waals surface area contributed by atoms with Gasteiger partial charge in [-0.05, 0) is 0 Å². The van der Waals surface area contributed by atoms with Crippen molar-refractivity contribution in [2.45, 2.75) is 0 Å². The smallest absolute Gasteiger partial charge is 1.00 e. The molecule has 0 aliphatic heterocycles. The molecule has 196 valence electrons. The normalized spacial score (nSPS) is 5.65. The molecule has 0 aromatic heterocycles. The van der Waals surface area contributed by atoms with E-state index in [-0.39, 0.29) is 106 Å². The standard InChI is InChI=1S/8CH2O3.2K.2H/c8*2-1(3)4;;;;/h8*(H2,2,3,4);;;;/q;;;;;;;;2*+1;2*-1. The third-order valence-corrected chi connectivity index (χ3v) is 0. The van der Waals surface area contributed by atoms with E-state index in [1.165, 1.54) is 0 Å². The Morgan fingerprint density at radius 2 is 0.235 bits per heavy atom. The first-order chi connectivity index (χ1) is 13.9.